The Balaban J connectivity index is 2.00. The number of nitrogens with one attached hydrogen (secondary N) is 2. The Bertz CT molecular complexity index is 733. The molecule has 2 aromatic carbocycles. The van der Waals surface area contributed by atoms with Gasteiger partial charge in [0.2, 0.25) is 0 Å². The number of ether oxygens (including phenoxy) is 2. The highest BCUT2D eigenvalue weighted by Crippen LogP contribution is 2.28. The zero-order chi connectivity index (χ0) is 17.9. The Labute approximate surface area is 153 Å². The number of hydrogen-bond acceptors (Lipinski definition) is 4. The van der Waals surface area contributed by atoms with Crippen molar-refractivity contribution in [2.24, 2.45) is 5.10 Å². The third kappa shape index (κ3) is 6.27. The van der Waals surface area contributed by atoms with E-state index >= 15 is 0 Å². The molecular formula is C19H21N3O2S. The minimum atomic E-state index is 0.435. The maximum atomic E-state index is 5.88. The average molecular weight is 355 g/mol. The molecule has 0 radical (unpaired) electrons. The van der Waals surface area contributed by atoms with Crippen molar-refractivity contribution in [2.75, 3.05) is 13.7 Å². The van der Waals surface area contributed by atoms with E-state index in [0.29, 0.717) is 29.8 Å². The van der Waals surface area contributed by atoms with Crippen LogP contribution in [0.3, 0.4) is 0 Å². The molecule has 0 aliphatic heterocycles. The lowest BCUT2D eigenvalue weighted by Crippen LogP contribution is -2.31. The van der Waals surface area contributed by atoms with Gasteiger partial charge in [0.05, 0.1) is 13.3 Å². The lowest BCUT2D eigenvalue weighted by Gasteiger charge is -2.11. The molecule has 0 aliphatic carbocycles. The van der Waals surface area contributed by atoms with Crippen molar-refractivity contribution in [3.05, 3.63) is 72.3 Å². The maximum Gasteiger partial charge on any atom is 0.187 e. The van der Waals surface area contributed by atoms with Gasteiger partial charge in [-0.25, -0.2) is 0 Å². The summed E-state index contributed by atoms with van der Waals surface area (Å²) in [6.07, 6.45) is 3.38. The molecule has 0 bridgehead atoms. The molecule has 0 aliphatic rings. The predicted octanol–water partition coefficient (Wildman–Crippen LogP) is 3.26. The minimum absolute atomic E-state index is 0.435. The first-order valence-corrected chi connectivity index (χ1v) is 8.16. The van der Waals surface area contributed by atoms with Crippen LogP contribution in [0.2, 0.25) is 0 Å². The monoisotopic (exact) mass is 355 g/mol. The molecule has 0 amide bonds. The van der Waals surface area contributed by atoms with Crippen molar-refractivity contribution >= 4 is 23.5 Å². The molecular weight excluding hydrogens is 334 g/mol. The summed E-state index contributed by atoms with van der Waals surface area (Å²) in [6.45, 7) is 4.66. The van der Waals surface area contributed by atoms with Crippen LogP contribution in [0.25, 0.3) is 0 Å². The summed E-state index contributed by atoms with van der Waals surface area (Å²) in [7, 11) is 1.61. The van der Waals surface area contributed by atoms with Crippen LogP contribution in [0.15, 0.2) is 66.3 Å². The fraction of sp³-hybridized carbons (Fsp3) is 0.158. The summed E-state index contributed by atoms with van der Waals surface area (Å²) in [5, 5.41) is 7.47. The summed E-state index contributed by atoms with van der Waals surface area (Å²) < 4.78 is 11.2. The number of hydrogen-bond donors (Lipinski definition) is 2. The second-order valence-corrected chi connectivity index (χ2v) is 5.46. The number of thiocarbonyl (C=S) groups is 1. The second-order valence-electron chi connectivity index (χ2n) is 5.05. The minimum Gasteiger partial charge on any atom is -0.493 e. The first-order valence-electron chi connectivity index (χ1n) is 7.75. The molecule has 130 valence electrons. The van der Waals surface area contributed by atoms with Crippen LogP contribution in [0.4, 0.5) is 0 Å². The van der Waals surface area contributed by atoms with Crippen molar-refractivity contribution in [2.45, 2.75) is 6.61 Å². The van der Waals surface area contributed by atoms with Crippen molar-refractivity contribution in [1.82, 2.24) is 10.7 Å². The Morgan fingerprint density at radius 3 is 2.72 bits per heavy atom. The summed E-state index contributed by atoms with van der Waals surface area (Å²) >= 11 is 5.07. The molecule has 0 aromatic heterocycles. The standard InChI is InChI=1S/C19H21N3O2S/c1-3-11-20-19(25)22-21-13-16-9-10-17(23-2)18(12-16)24-14-15-7-5-4-6-8-15/h3-10,12-13H,1,11,14H2,2H3,(H2,20,22,25)/b21-13-. The molecule has 0 saturated carbocycles. The van der Waals surface area contributed by atoms with Gasteiger partial charge in [0, 0.05) is 6.54 Å². The van der Waals surface area contributed by atoms with Crippen LogP contribution in [0, 0.1) is 0 Å². The third-order valence-corrected chi connectivity index (χ3v) is 3.45. The predicted molar refractivity (Wildman–Crippen MR) is 105 cm³/mol. The lowest BCUT2D eigenvalue weighted by atomic mass is 10.2. The molecule has 2 aromatic rings. The van der Waals surface area contributed by atoms with Gasteiger partial charge < -0.3 is 14.8 Å². The van der Waals surface area contributed by atoms with Gasteiger partial charge in [0.25, 0.3) is 0 Å². The Kier molecular flexibility index (Phi) is 7.46. The van der Waals surface area contributed by atoms with Gasteiger partial charge in [-0.15, -0.1) is 6.58 Å². The molecule has 2 N–H and O–H groups in total. The van der Waals surface area contributed by atoms with E-state index in [-0.39, 0.29) is 0 Å². The summed E-state index contributed by atoms with van der Waals surface area (Å²) in [4.78, 5) is 0. The number of hydrazone groups is 1. The van der Waals surface area contributed by atoms with Crippen LogP contribution in [-0.4, -0.2) is 25.0 Å². The molecule has 0 fully saturated rings. The van der Waals surface area contributed by atoms with E-state index in [1.165, 1.54) is 0 Å². The molecule has 0 unspecified atom stereocenters. The van der Waals surface area contributed by atoms with Gasteiger partial charge in [0.1, 0.15) is 6.61 Å². The van der Waals surface area contributed by atoms with Crippen LogP contribution in [-0.2, 0) is 6.61 Å². The van der Waals surface area contributed by atoms with Gasteiger partial charge >= 0.3 is 0 Å². The highest BCUT2D eigenvalue weighted by molar-refractivity contribution is 7.80. The summed E-state index contributed by atoms with van der Waals surface area (Å²) in [5.41, 5.74) is 4.69. The van der Waals surface area contributed by atoms with Crippen LogP contribution >= 0.6 is 12.2 Å². The Morgan fingerprint density at radius 1 is 1.20 bits per heavy atom. The summed E-state index contributed by atoms with van der Waals surface area (Å²) in [6, 6.07) is 15.6. The molecule has 0 heterocycles. The normalized spacial score (nSPS) is 10.3. The average Bonchev–Trinajstić information content (AvgIpc) is 2.65. The SMILES string of the molecule is C=CCNC(=S)N/N=C\c1ccc(OC)c(OCc2ccccc2)c1. The highest BCUT2D eigenvalue weighted by Gasteiger charge is 2.05. The molecule has 0 atom stereocenters. The van der Waals surface area contributed by atoms with E-state index in [9.17, 15) is 0 Å². The topological polar surface area (TPSA) is 54.9 Å². The van der Waals surface area contributed by atoms with E-state index in [1.54, 1.807) is 19.4 Å². The smallest absolute Gasteiger partial charge is 0.187 e. The van der Waals surface area contributed by atoms with Gasteiger partial charge in [-0.3, -0.25) is 5.43 Å². The fourth-order valence-electron chi connectivity index (χ4n) is 1.99. The molecule has 2 rings (SSSR count). The quantitative estimate of drug-likeness (QED) is 0.329. The number of nitrogens with zero attached hydrogens (tertiary/aromatic N) is 1. The van der Waals surface area contributed by atoms with Gasteiger partial charge in [0.15, 0.2) is 16.6 Å². The van der Waals surface area contributed by atoms with E-state index in [1.807, 2.05) is 48.5 Å². The zero-order valence-corrected chi connectivity index (χ0v) is 14.9. The maximum absolute atomic E-state index is 5.88. The van der Waals surface area contributed by atoms with Crippen molar-refractivity contribution in [3.63, 3.8) is 0 Å². The molecule has 0 saturated heterocycles. The summed E-state index contributed by atoms with van der Waals surface area (Å²) in [5.74, 6) is 1.33. The van der Waals surface area contributed by atoms with Crippen LogP contribution in [0.1, 0.15) is 11.1 Å². The number of benzene rings is 2. The zero-order valence-electron chi connectivity index (χ0n) is 14.1. The molecule has 6 heteroatoms. The number of methoxy groups -OCH3 is 1. The van der Waals surface area contributed by atoms with Crippen molar-refractivity contribution < 1.29 is 9.47 Å². The molecule has 25 heavy (non-hydrogen) atoms. The van der Waals surface area contributed by atoms with Crippen molar-refractivity contribution in [3.8, 4) is 11.5 Å². The van der Waals surface area contributed by atoms with Gasteiger partial charge in [-0.05, 0) is 41.5 Å². The first-order chi connectivity index (χ1) is 12.2. The van der Waals surface area contributed by atoms with E-state index in [2.05, 4.69) is 22.4 Å². The van der Waals surface area contributed by atoms with Crippen LogP contribution in [0.5, 0.6) is 11.5 Å². The molecule has 5 nitrogen and oxygen atoms in total. The van der Waals surface area contributed by atoms with E-state index < -0.39 is 0 Å². The largest absolute Gasteiger partial charge is 0.493 e. The Morgan fingerprint density at radius 2 is 2.00 bits per heavy atom. The third-order valence-electron chi connectivity index (χ3n) is 3.21. The van der Waals surface area contributed by atoms with Gasteiger partial charge in [-0.1, -0.05) is 36.4 Å². The lowest BCUT2D eigenvalue weighted by molar-refractivity contribution is 0.284. The molecule has 0 spiro atoms. The van der Waals surface area contributed by atoms with E-state index in [0.717, 1.165) is 11.1 Å². The van der Waals surface area contributed by atoms with Gasteiger partial charge in [-0.2, -0.15) is 5.10 Å². The second kappa shape index (κ2) is 10.1. The van der Waals surface area contributed by atoms with Crippen LogP contribution < -0.4 is 20.2 Å². The fourth-order valence-corrected chi connectivity index (χ4v) is 2.13. The number of rotatable bonds is 8. The van der Waals surface area contributed by atoms with Crippen molar-refractivity contribution in [1.29, 1.82) is 0 Å². The highest BCUT2D eigenvalue weighted by atomic mass is 32.1. The van der Waals surface area contributed by atoms with E-state index in [4.69, 9.17) is 21.7 Å². The Hall–Kier alpha value is -2.86. The first kappa shape index (κ1) is 18.5.